The number of rotatable bonds is 5. The molecule has 1 rings (SSSR count). The average Bonchev–Trinajstić information content (AvgIpc) is 2.02. The van der Waals surface area contributed by atoms with E-state index >= 15 is 0 Å². The van der Waals surface area contributed by atoms with Crippen molar-refractivity contribution in [1.82, 2.24) is 4.90 Å². The van der Waals surface area contributed by atoms with E-state index in [0.29, 0.717) is 0 Å². The maximum absolute atomic E-state index is 2.65. The molecular formula is C12H25N. The van der Waals surface area contributed by atoms with Crippen molar-refractivity contribution < 1.29 is 0 Å². The Bertz CT molecular complexity index is 138. The van der Waals surface area contributed by atoms with Gasteiger partial charge in [-0.2, -0.15) is 0 Å². The van der Waals surface area contributed by atoms with Gasteiger partial charge in [-0.3, -0.25) is 4.90 Å². The highest BCUT2D eigenvalue weighted by Crippen LogP contribution is 2.26. The molecule has 0 spiro atoms. The third-order valence-corrected chi connectivity index (χ3v) is 3.71. The van der Waals surface area contributed by atoms with Crippen LogP contribution in [0.1, 0.15) is 47.0 Å². The van der Waals surface area contributed by atoms with Crippen LogP contribution in [0, 0.1) is 11.8 Å². The molecular weight excluding hydrogens is 158 g/mol. The first-order valence-electron chi connectivity index (χ1n) is 5.93. The van der Waals surface area contributed by atoms with Crippen LogP contribution < -0.4 is 0 Å². The molecule has 1 aliphatic rings. The predicted octanol–water partition coefficient (Wildman–Crippen LogP) is 3.15. The zero-order valence-corrected chi connectivity index (χ0v) is 9.71. The summed E-state index contributed by atoms with van der Waals surface area (Å²) in [5, 5.41) is 0. The van der Waals surface area contributed by atoms with E-state index in [-0.39, 0.29) is 0 Å². The minimum absolute atomic E-state index is 0.808. The highest BCUT2D eigenvalue weighted by molar-refractivity contribution is 4.84. The molecule has 1 heteroatoms. The van der Waals surface area contributed by atoms with Gasteiger partial charge in [0.25, 0.3) is 0 Å². The normalized spacial score (nSPS) is 24.0. The predicted molar refractivity (Wildman–Crippen MR) is 58.9 cm³/mol. The van der Waals surface area contributed by atoms with Crippen molar-refractivity contribution in [2.45, 2.75) is 53.0 Å². The Hall–Kier alpha value is -0.0400. The second kappa shape index (κ2) is 4.99. The van der Waals surface area contributed by atoms with E-state index in [0.717, 1.165) is 17.9 Å². The van der Waals surface area contributed by atoms with Gasteiger partial charge in [-0.25, -0.2) is 0 Å². The molecule has 1 fully saturated rings. The lowest BCUT2D eigenvalue weighted by molar-refractivity contribution is 0.0331. The van der Waals surface area contributed by atoms with Crippen LogP contribution in [0.15, 0.2) is 0 Å². The van der Waals surface area contributed by atoms with Gasteiger partial charge < -0.3 is 0 Å². The molecule has 78 valence electrons. The first-order chi connectivity index (χ1) is 6.19. The molecule has 1 aliphatic heterocycles. The summed E-state index contributed by atoms with van der Waals surface area (Å²) in [6.07, 6.45) is 4.08. The van der Waals surface area contributed by atoms with E-state index in [4.69, 9.17) is 0 Å². The Balaban J connectivity index is 2.21. The Morgan fingerprint density at radius 1 is 1.23 bits per heavy atom. The highest BCUT2D eigenvalue weighted by atomic mass is 15.2. The van der Waals surface area contributed by atoms with E-state index in [9.17, 15) is 0 Å². The Kier molecular flexibility index (Phi) is 4.24. The van der Waals surface area contributed by atoms with Crippen LogP contribution in [0.25, 0.3) is 0 Å². The first-order valence-corrected chi connectivity index (χ1v) is 5.93. The summed E-state index contributed by atoms with van der Waals surface area (Å²) in [5.41, 5.74) is 0. The molecule has 0 radical (unpaired) electrons. The van der Waals surface area contributed by atoms with Crippen LogP contribution in [-0.2, 0) is 0 Å². The Morgan fingerprint density at radius 3 is 2.31 bits per heavy atom. The van der Waals surface area contributed by atoms with Crippen molar-refractivity contribution in [3.05, 3.63) is 0 Å². The fourth-order valence-electron chi connectivity index (χ4n) is 2.26. The molecule has 2 unspecified atom stereocenters. The van der Waals surface area contributed by atoms with Gasteiger partial charge in [-0.1, -0.05) is 33.6 Å². The summed E-state index contributed by atoms with van der Waals surface area (Å²) in [6.45, 7) is 12.1. The molecule has 0 aromatic carbocycles. The molecule has 1 heterocycles. The van der Waals surface area contributed by atoms with Crippen molar-refractivity contribution >= 4 is 0 Å². The highest BCUT2D eigenvalue weighted by Gasteiger charge is 2.30. The summed E-state index contributed by atoms with van der Waals surface area (Å²) in [5.74, 6) is 1.87. The van der Waals surface area contributed by atoms with Crippen molar-refractivity contribution in [2.24, 2.45) is 11.8 Å². The quantitative estimate of drug-likeness (QED) is 0.633. The van der Waals surface area contributed by atoms with Crippen LogP contribution in [0.3, 0.4) is 0 Å². The number of nitrogens with zero attached hydrogens (tertiary/aromatic N) is 1. The van der Waals surface area contributed by atoms with Crippen LogP contribution in [0.2, 0.25) is 0 Å². The van der Waals surface area contributed by atoms with Crippen molar-refractivity contribution in [3.63, 3.8) is 0 Å². The zero-order chi connectivity index (χ0) is 9.84. The van der Waals surface area contributed by atoms with Gasteiger partial charge in [0.05, 0.1) is 0 Å². The topological polar surface area (TPSA) is 3.24 Å². The van der Waals surface area contributed by atoms with Crippen LogP contribution in [-0.4, -0.2) is 24.0 Å². The summed E-state index contributed by atoms with van der Waals surface area (Å²) in [4.78, 5) is 2.65. The molecule has 0 amide bonds. The molecule has 1 saturated heterocycles. The second-order valence-electron chi connectivity index (χ2n) is 4.73. The van der Waals surface area contributed by atoms with Crippen LogP contribution in [0.5, 0.6) is 0 Å². The third kappa shape index (κ3) is 2.70. The van der Waals surface area contributed by atoms with Gasteiger partial charge >= 0.3 is 0 Å². The van der Waals surface area contributed by atoms with E-state index < -0.39 is 0 Å². The van der Waals surface area contributed by atoms with E-state index in [2.05, 4.69) is 32.6 Å². The molecule has 0 bridgehead atoms. The fourth-order valence-corrected chi connectivity index (χ4v) is 2.26. The van der Waals surface area contributed by atoms with Crippen LogP contribution >= 0.6 is 0 Å². The van der Waals surface area contributed by atoms with Gasteiger partial charge in [0.15, 0.2) is 0 Å². The number of likely N-dealkylation sites (tertiary alicyclic amines) is 1. The Labute approximate surface area is 83.5 Å². The lowest BCUT2D eigenvalue weighted by atomic mass is 9.89. The molecule has 0 aromatic rings. The van der Waals surface area contributed by atoms with E-state index in [1.54, 1.807) is 0 Å². The largest absolute Gasteiger partial charge is 0.300 e. The van der Waals surface area contributed by atoms with Crippen molar-refractivity contribution in [2.75, 3.05) is 13.1 Å². The maximum atomic E-state index is 2.65. The lowest BCUT2D eigenvalue weighted by Gasteiger charge is -2.45. The number of hydrogen-bond acceptors (Lipinski definition) is 1. The van der Waals surface area contributed by atoms with Gasteiger partial charge in [0.1, 0.15) is 0 Å². The monoisotopic (exact) mass is 183 g/mol. The fraction of sp³-hybridized carbons (Fsp3) is 1.00. The van der Waals surface area contributed by atoms with Crippen molar-refractivity contribution in [1.29, 1.82) is 0 Å². The van der Waals surface area contributed by atoms with Gasteiger partial charge in [0.2, 0.25) is 0 Å². The molecule has 1 nitrogen and oxygen atoms in total. The summed E-state index contributed by atoms with van der Waals surface area (Å²) >= 11 is 0. The SMILES string of the molecule is CCCC(C)C(C)N1CC(CC)C1. The molecule has 0 saturated carbocycles. The first kappa shape index (κ1) is 11.0. The summed E-state index contributed by atoms with van der Waals surface area (Å²) < 4.78 is 0. The molecule has 0 aromatic heterocycles. The smallest absolute Gasteiger partial charge is 0.00928 e. The van der Waals surface area contributed by atoms with Crippen LogP contribution in [0.4, 0.5) is 0 Å². The van der Waals surface area contributed by atoms with E-state index in [1.165, 1.54) is 32.4 Å². The molecule has 13 heavy (non-hydrogen) atoms. The molecule has 0 aliphatic carbocycles. The molecule has 2 atom stereocenters. The minimum Gasteiger partial charge on any atom is -0.300 e. The zero-order valence-electron chi connectivity index (χ0n) is 9.71. The van der Waals surface area contributed by atoms with Crippen molar-refractivity contribution in [3.8, 4) is 0 Å². The summed E-state index contributed by atoms with van der Waals surface area (Å²) in [7, 11) is 0. The molecule has 0 N–H and O–H groups in total. The second-order valence-corrected chi connectivity index (χ2v) is 4.73. The maximum Gasteiger partial charge on any atom is 0.00928 e. The average molecular weight is 183 g/mol. The lowest BCUT2D eigenvalue weighted by Crippen LogP contribution is -2.52. The Morgan fingerprint density at radius 2 is 1.85 bits per heavy atom. The van der Waals surface area contributed by atoms with Gasteiger partial charge in [-0.15, -0.1) is 0 Å². The van der Waals surface area contributed by atoms with Gasteiger partial charge in [0, 0.05) is 19.1 Å². The van der Waals surface area contributed by atoms with E-state index in [1.807, 2.05) is 0 Å². The van der Waals surface area contributed by atoms with Gasteiger partial charge in [-0.05, 0) is 25.2 Å². The third-order valence-electron chi connectivity index (χ3n) is 3.71. The number of hydrogen-bond donors (Lipinski definition) is 0. The minimum atomic E-state index is 0.808. The summed E-state index contributed by atoms with van der Waals surface area (Å²) in [6, 6.07) is 0.808. The standard InChI is InChI=1S/C12H25N/c1-5-7-10(3)11(4)13-8-12(6-2)9-13/h10-12H,5-9H2,1-4H3.